The number of carbonyl (C=O) groups excluding carboxylic acids is 1. The Morgan fingerprint density at radius 1 is 0.931 bits per heavy atom. The maximum atomic E-state index is 12.7. The number of hydrogen-bond donors (Lipinski definition) is 1. The Labute approximate surface area is 170 Å². The SMILES string of the molecule is CCOC(=O)/C(=C(/O)OCC)C(CS(=O)(=O)Oc1ccccc1)c1ccccc1. The summed E-state index contributed by atoms with van der Waals surface area (Å²) in [5.41, 5.74) is 0.210. The summed E-state index contributed by atoms with van der Waals surface area (Å²) in [7, 11) is -4.13. The van der Waals surface area contributed by atoms with Crippen molar-refractivity contribution in [2.24, 2.45) is 0 Å². The van der Waals surface area contributed by atoms with Crippen molar-refractivity contribution in [3.05, 3.63) is 77.7 Å². The van der Waals surface area contributed by atoms with Crippen LogP contribution in [0.15, 0.2) is 72.2 Å². The molecule has 7 nitrogen and oxygen atoms in total. The zero-order chi connectivity index (χ0) is 21.3. The normalized spacial score (nSPS) is 13.2. The zero-order valence-corrected chi connectivity index (χ0v) is 17.1. The number of carbonyl (C=O) groups is 1. The van der Waals surface area contributed by atoms with E-state index in [0.717, 1.165) is 0 Å². The van der Waals surface area contributed by atoms with E-state index in [1.54, 1.807) is 62.4 Å². The Morgan fingerprint density at radius 3 is 2.03 bits per heavy atom. The van der Waals surface area contributed by atoms with Crippen LogP contribution in [0.5, 0.6) is 5.75 Å². The number of rotatable bonds is 10. The van der Waals surface area contributed by atoms with Crippen molar-refractivity contribution in [3.63, 3.8) is 0 Å². The maximum Gasteiger partial charge on any atom is 0.341 e. The van der Waals surface area contributed by atoms with E-state index in [1.165, 1.54) is 12.1 Å². The van der Waals surface area contributed by atoms with E-state index in [4.69, 9.17) is 13.7 Å². The molecule has 0 heterocycles. The summed E-state index contributed by atoms with van der Waals surface area (Å²) in [6.07, 6.45) is 0. The van der Waals surface area contributed by atoms with Crippen LogP contribution in [0.25, 0.3) is 0 Å². The van der Waals surface area contributed by atoms with Crippen LogP contribution < -0.4 is 4.18 Å². The molecule has 0 fully saturated rings. The molecule has 1 unspecified atom stereocenters. The van der Waals surface area contributed by atoms with Crippen LogP contribution in [0.3, 0.4) is 0 Å². The van der Waals surface area contributed by atoms with Gasteiger partial charge < -0.3 is 18.8 Å². The smallest absolute Gasteiger partial charge is 0.341 e. The first-order chi connectivity index (χ1) is 13.9. The molecule has 2 aromatic carbocycles. The van der Waals surface area contributed by atoms with Gasteiger partial charge in [0, 0.05) is 5.92 Å². The van der Waals surface area contributed by atoms with E-state index in [-0.39, 0.29) is 24.5 Å². The molecule has 0 radical (unpaired) electrons. The largest absolute Gasteiger partial charge is 0.481 e. The summed E-state index contributed by atoms with van der Waals surface area (Å²) in [6.45, 7) is 3.38. The second-order valence-corrected chi connectivity index (χ2v) is 7.57. The fourth-order valence-electron chi connectivity index (χ4n) is 2.69. The first kappa shape index (κ1) is 22.3. The Balaban J connectivity index is 2.48. The maximum absolute atomic E-state index is 12.7. The molecular formula is C21H24O7S. The Morgan fingerprint density at radius 2 is 1.48 bits per heavy atom. The van der Waals surface area contributed by atoms with Crippen molar-refractivity contribution in [1.29, 1.82) is 0 Å². The fraction of sp³-hybridized carbons (Fsp3) is 0.286. The zero-order valence-electron chi connectivity index (χ0n) is 16.3. The molecule has 0 spiro atoms. The van der Waals surface area contributed by atoms with Crippen LogP contribution in [0.1, 0.15) is 25.3 Å². The van der Waals surface area contributed by atoms with Crippen molar-refractivity contribution in [1.82, 2.24) is 0 Å². The van der Waals surface area contributed by atoms with Crippen molar-refractivity contribution in [2.45, 2.75) is 19.8 Å². The average molecular weight is 420 g/mol. The number of aliphatic hydroxyl groups is 1. The summed E-state index contributed by atoms with van der Waals surface area (Å²) in [6, 6.07) is 16.5. The highest BCUT2D eigenvalue weighted by Crippen LogP contribution is 2.30. The molecule has 0 aliphatic heterocycles. The van der Waals surface area contributed by atoms with Gasteiger partial charge in [0.15, 0.2) is 0 Å². The van der Waals surface area contributed by atoms with E-state index < -0.39 is 33.7 Å². The first-order valence-corrected chi connectivity index (χ1v) is 10.7. The van der Waals surface area contributed by atoms with Crippen molar-refractivity contribution in [3.8, 4) is 5.75 Å². The van der Waals surface area contributed by atoms with Gasteiger partial charge in [-0.25, -0.2) is 4.79 Å². The molecule has 1 atom stereocenters. The lowest BCUT2D eigenvalue weighted by atomic mass is 9.93. The number of benzene rings is 2. The lowest BCUT2D eigenvalue weighted by Gasteiger charge is -2.21. The third-order valence-corrected chi connectivity index (χ3v) is 5.08. The molecule has 8 heteroatoms. The van der Waals surface area contributed by atoms with E-state index in [1.807, 2.05) is 0 Å². The summed E-state index contributed by atoms with van der Waals surface area (Å²) in [5, 5.41) is 10.3. The van der Waals surface area contributed by atoms with Crippen LogP contribution >= 0.6 is 0 Å². The van der Waals surface area contributed by atoms with Crippen LogP contribution in [-0.4, -0.2) is 38.5 Å². The van der Waals surface area contributed by atoms with Crippen LogP contribution in [0, 0.1) is 0 Å². The summed E-state index contributed by atoms with van der Waals surface area (Å²) in [4.78, 5) is 12.6. The lowest BCUT2D eigenvalue weighted by Crippen LogP contribution is -2.26. The fourth-order valence-corrected chi connectivity index (χ4v) is 3.93. The van der Waals surface area contributed by atoms with Gasteiger partial charge in [-0.2, -0.15) is 8.42 Å². The third kappa shape index (κ3) is 6.53. The molecule has 2 aromatic rings. The number of esters is 1. The first-order valence-electron chi connectivity index (χ1n) is 9.13. The van der Waals surface area contributed by atoms with Crippen molar-refractivity contribution in [2.75, 3.05) is 19.0 Å². The van der Waals surface area contributed by atoms with E-state index in [2.05, 4.69) is 0 Å². The second-order valence-electron chi connectivity index (χ2n) is 5.96. The molecule has 1 N–H and O–H groups in total. The summed E-state index contributed by atoms with van der Waals surface area (Å²) in [5.74, 6) is -3.04. The van der Waals surface area contributed by atoms with E-state index >= 15 is 0 Å². The topological polar surface area (TPSA) is 99.1 Å². The Bertz CT molecular complexity index is 922. The van der Waals surface area contributed by atoms with E-state index in [0.29, 0.717) is 5.56 Å². The number of para-hydroxylation sites is 1. The summed E-state index contributed by atoms with van der Waals surface area (Å²) < 4.78 is 40.8. The predicted molar refractivity (Wildman–Crippen MR) is 108 cm³/mol. The van der Waals surface area contributed by atoms with Gasteiger partial charge in [0.2, 0.25) is 0 Å². The van der Waals surface area contributed by atoms with Crippen LogP contribution in [0.4, 0.5) is 0 Å². The molecule has 2 rings (SSSR count). The lowest BCUT2D eigenvalue weighted by molar-refractivity contribution is -0.139. The van der Waals surface area contributed by atoms with Gasteiger partial charge in [0.25, 0.3) is 5.95 Å². The Hall–Kier alpha value is -3.00. The van der Waals surface area contributed by atoms with Gasteiger partial charge in [0.1, 0.15) is 11.3 Å². The molecule has 156 valence electrons. The molecule has 0 saturated carbocycles. The van der Waals surface area contributed by atoms with Gasteiger partial charge in [-0.05, 0) is 31.5 Å². The quantitative estimate of drug-likeness (QED) is 0.272. The van der Waals surface area contributed by atoms with Gasteiger partial charge in [-0.1, -0.05) is 48.5 Å². The highest BCUT2D eigenvalue weighted by atomic mass is 32.2. The monoisotopic (exact) mass is 420 g/mol. The molecule has 0 aliphatic carbocycles. The third-order valence-electron chi connectivity index (χ3n) is 3.89. The van der Waals surface area contributed by atoms with Crippen LogP contribution in [0.2, 0.25) is 0 Å². The van der Waals surface area contributed by atoms with Crippen LogP contribution in [-0.2, 0) is 24.4 Å². The molecule has 29 heavy (non-hydrogen) atoms. The van der Waals surface area contributed by atoms with Gasteiger partial charge in [-0.15, -0.1) is 0 Å². The Kier molecular flexibility index (Phi) is 8.09. The highest BCUT2D eigenvalue weighted by molar-refractivity contribution is 7.87. The molecular weight excluding hydrogens is 396 g/mol. The minimum absolute atomic E-state index is 0.0521. The molecule has 0 aromatic heterocycles. The van der Waals surface area contributed by atoms with Gasteiger partial charge in [-0.3, -0.25) is 0 Å². The number of hydrogen-bond acceptors (Lipinski definition) is 7. The summed E-state index contributed by atoms with van der Waals surface area (Å²) >= 11 is 0. The number of ether oxygens (including phenoxy) is 2. The molecule has 0 amide bonds. The average Bonchev–Trinajstić information content (AvgIpc) is 2.69. The molecule has 0 saturated heterocycles. The minimum Gasteiger partial charge on any atom is -0.481 e. The molecule has 0 aliphatic rings. The number of aliphatic hydroxyl groups excluding tert-OH is 1. The minimum atomic E-state index is -4.13. The van der Waals surface area contributed by atoms with Gasteiger partial charge >= 0.3 is 16.1 Å². The second kappa shape index (κ2) is 10.5. The van der Waals surface area contributed by atoms with Crippen molar-refractivity contribution >= 4 is 16.1 Å². The van der Waals surface area contributed by atoms with E-state index in [9.17, 15) is 18.3 Å². The van der Waals surface area contributed by atoms with Crippen molar-refractivity contribution < 1.29 is 32.0 Å². The predicted octanol–water partition coefficient (Wildman–Crippen LogP) is 3.55. The highest BCUT2D eigenvalue weighted by Gasteiger charge is 2.34. The molecule has 0 bridgehead atoms. The van der Waals surface area contributed by atoms with Gasteiger partial charge in [0.05, 0.1) is 19.0 Å². The standard InChI is InChI=1S/C21H24O7S/c1-3-26-20(22)19(21(23)27-4-2)18(16-11-7-5-8-12-16)15-29(24,25)28-17-13-9-6-10-14-17/h5-14,18,22H,3-4,15H2,1-2H3/b20-19-.